The fraction of sp³-hybridized carbons (Fsp3) is 0.231. The number of carbonyl (C=O) groups is 1. The number of benzene rings is 1. The van der Waals surface area contributed by atoms with Crippen LogP contribution in [0, 0.1) is 0 Å². The Morgan fingerprint density at radius 1 is 1.53 bits per heavy atom. The molecule has 1 unspecified atom stereocenters. The Balaban J connectivity index is 2.07. The van der Waals surface area contributed by atoms with Gasteiger partial charge in [0.2, 0.25) is 5.91 Å². The van der Waals surface area contributed by atoms with Crippen LogP contribution in [0.2, 0.25) is 0 Å². The van der Waals surface area contributed by atoms with E-state index in [9.17, 15) is 9.90 Å². The molecule has 0 aliphatic carbocycles. The summed E-state index contributed by atoms with van der Waals surface area (Å²) in [6.45, 7) is 1.66. The van der Waals surface area contributed by atoms with Crippen molar-refractivity contribution in [1.82, 2.24) is 4.98 Å². The fourth-order valence-corrected chi connectivity index (χ4v) is 2.30. The Morgan fingerprint density at radius 2 is 2.26 bits per heavy atom. The molecule has 1 atom stereocenters. The number of thiazole rings is 1. The smallest absolute Gasteiger partial charge is 0.230 e. The molecule has 5 nitrogen and oxygen atoms in total. The number of aliphatic hydroxyl groups excluding tert-OH is 1. The number of nitrogens with two attached hydrogens (primary N) is 1. The summed E-state index contributed by atoms with van der Waals surface area (Å²) in [5.41, 5.74) is 7.47. The van der Waals surface area contributed by atoms with E-state index in [0.29, 0.717) is 22.1 Å². The second kappa shape index (κ2) is 5.81. The summed E-state index contributed by atoms with van der Waals surface area (Å²) in [6.07, 6.45) is -0.464. The highest BCUT2D eigenvalue weighted by Crippen LogP contribution is 2.22. The molecule has 1 heterocycles. The van der Waals surface area contributed by atoms with Gasteiger partial charge in [-0.1, -0.05) is 18.2 Å². The summed E-state index contributed by atoms with van der Waals surface area (Å²) in [6, 6.07) is 7.16. The van der Waals surface area contributed by atoms with Gasteiger partial charge in [-0.2, -0.15) is 0 Å². The van der Waals surface area contributed by atoms with E-state index in [4.69, 9.17) is 5.73 Å². The largest absolute Gasteiger partial charge is 0.389 e. The van der Waals surface area contributed by atoms with Gasteiger partial charge in [-0.15, -0.1) is 11.3 Å². The van der Waals surface area contributed by atoms with Crippen LogP contribution in [-0.2, 0) is 11.2 Å². The minimum Gasteiger partial charge on any atom is -0.389 e. The van der Waals surface area contributed by atoms with E-state index >= 15 is 0 Å². The van der Waals surface area contributed by atoms with Gasteiger partial charge in [0.25, 0.3) is 0 Å². The monoisotopic (exact) mass is 277 g/mol. The van der Waals surface area contributed by atoms with Crippen LogP contribution in [0.25, 0.3) is 0 Å². The van der Waals surface area contributed by atoms with Crippen molar-refractivity contribution in [3.05, 3.63) is 40.9 Å². The maximum absolute atomic E-state index is 11.9. The predicted octanol–water partition coefficient (Wildman–Crippen LogP) is 1.96. The number of hydrogen-bond acceptors (Lipinski definition) is 5. The SMILES string of the molecule is CC(O)c1ccccc1NC(=O)Cc1csc(N)n1. The number of aromatic nitrogens is 1. The van der Waals surface area contributed by atoms with Crippen molar-refractivity contribution >= 4 is 28.1 Å². The molecule has 2 rings (SSSR count). The second-order valence-electron chi connectivity index (χ2n) is 4.17. The van der Waals surface area contributed by atoms with Crippen LogP contribution >= 0.6 is 11.3 Å². The average molecular weight is 277 g/mol. The van der Waals surface area contributed by atoms with Gasteiger partial charge < -0.3 is 16.2 Å². The Labute approximate surface area is 115 Å². The number of nitrogens with zero attached hydrogens (tertiary/aromatic N) is 1. The van der Waals surface area contributed by atoms with Gasteiger partial charge in [0, 0.05) is 16.6 Å². The third-order valence-electron chi connectivity index (χ3n) is 2.60. The lowest BCUT2D eigenvalue weighted by molar-refractivity contribution is -0.115. The summed E-state index contributed by atoms with van der Waals surface area (Å²) >= 11 is 1.31. The zero-order valence-corrected chi connectivity index (χ0v) is 11.3. The summed E-state index contributed by atoms with van der Waals surface area (Å²) in [4.78, 5) is 15.9. The summed E-state index contributed by atoms with van der Waals surface area (Å²) in [5, 5.41) is 14.6. The highest BCUT2D eigenvalue weighted by molar-refractivity contribution is 7.13. The number of rotatable bonds is 4. The fourth-order valence-electron chi connectivity index (χ4n) is 1.74. The zero-order valence-electron chi connectivity index (χ0n) is 10.5. The molecule has 0 radical (unpaired) electrons. The van der Waals surface area contributed by atoms with Gasteiger partial charge in [0.05, 0.1) is 18.2 Å². The average Bonchev–Trinajstić information content (AvgIpc) is 2.75. The van der Waals surface area contributed by atoms with E-state index in [1.165, 1.54) is 11.3 Å². The van der Waals surface area contributed by atoms with Crippen molar-refractivity contribution in [2.75, 3.05) is 11.1 Å². The third kappa shape index (κ3) is 3.52. The summed E-state index contributed by atoms with van der Waals surface area (Å²) < 4.78 is 0. The van der Waals surface area contributed by atoms with Crippen LogP contribution in [-0.4, -0.2) is 16.0 Å². The summed E-state index contributed by atoms with van der Waals surface area (Å²) in [7, 11) is 0. The van der Waals surface area contributed by atoms with E-state index in [0.717, 1.165) is 0 Å². The number of nitrogens with one attached hydrogen (secondary N) is 1. The molecule has 0 aliphatic rings. The normalized spacial score (nSPS) is 12.1. The van der Waals surface area contributed by atoms with Crippen molar-refractivity contribution < 1.29 is 9.90 Å². The van der Waals surface area contributed by atoms with Crippen molar-refractivity contribution in [2.24, 2.45) is 0 Å². The Bertz CT molecular complexity index is 581. The van der Waals surface area contributed by atoms with E-state index in [2.05, 4.69) is 10.3 Å². The van der Waals surface area contributed by atoms with E-state index in [1.54, 1.807) is 24.4 Å². The first-order chi connectivity index (χ1) is 9.06. The van der Waals surface area contributed by atoms with Gasteiger partial charge in [0.1, 0.15) is 0 Å². The highest BCUT2D eigenvalue weighted by atomic mass is 32.1. The van der Waals surface area contributed by atoms with Crippen molar-refractivity contribution in [2.45, 2.75) is 19.4 Å². The van der Waals surface area contributed by atoms with E-state index < -0.39 is 6.10 Å². The minimum absolute atomic E-state index is 0.168. The van der Waals surface area contributed by atoms with Crippen LogP contribution in [0.4, 0.5) is 10.8 Å². The quantitative estimate of drug-likeness (QED) is 0.797. The molecule has 4 N–H and O–H groups in total. The van der Waals surface area contributed by atoms with Crippen molar-refractivity contribution in [1.29, 1.82) is 0 Å². The molecule has 100 valence electrons. The molecule has 0 aliphatic heterocycles. The van der Waals surface area contributed by atoms with Crippen LogP contribution in [0.3, 0.4) is 0 Å². The second-order valence-corrected chi connectivity index (χ2v) is 5.05. The molecule has 0 bridgehead atoms. The van der Waals surface area contributed by atoms with Gasteiger partial charge >= 0.3 is 0 Å². The predicted molar refractivity (Wildman–Crippen MR) is 75.9 cm³/mol. The first kappa shape index (κ1) is 13.5. The number of aliphatic hydroxyl groups is 1. The lowest BCUT2D eigenvalue weighted by Crippen LogP contribution is -2.16. The Hall–Kier alpha value is -1.92. The molecular formula is C13H15N3O2S. The van der Waals surface area contributed by atoms with Gasteiger partial charge in [-0.3, -0.25) is 4.79 Å². The highest BCUT2D eigenvalue weighted by Gasteiger charge is 2.11. The lowest BCUT2D eigenvalue weighted by atomic mass is 10.1. The number of amides is 1. The van der Waals surface area contributed by atoms with Crippen LogP contribution in [0.1, 0.15) is 24.3 Å². The number of hydrogen-bond donors (Lipinski definition) is 3. The standard InChI is InChI=1S/C13H15N3O2S/c1-8(17)10-4-2-3-5-11(10)16-12(18)6-9-7-19-13(14)15-9/h2-5,7-8,17H,6H2,1H3,(H2,14,15)(H,16,18). The molecule has 1 amide bonds. The van der Waals surface area contributed by atoms with Crippen LogP contribution in [0.5, 0.6) is 0 Å². The number of anilines is 2. The van der Waals surface area contributed by atoms with Gasteiger partial charge in [0.15, 0.2) is 5.13 Å². The van der Waals surface area contributed by atoms with Gasteiger partial charge in [-0.25, -0.2) is 4.98 Å². The topological polar surface area (TPSA) is 88.2 Å². The zero-order chi connectivity index (χ0) is 13.8. The molecule has 0 spiro atoms. The maximum Gasteiger partial charge on any atom is 0.230 e. The van der Waals surface area contributed by atoms with Crippen LogP contribution < -0.4 is 11.1 Å². The maximum atomic E-state index is 11.9. The van der Waals surface area contributed by atoms with E-state index in [1.807, 2.05) is 12.1 Å². The van der Waals surface area contributed by atoms with Crippen molar-refractivity contribution in [3.63, 3.8) is 0 Å². The molecule has 0 saturated carbocycles. The molecule has 1 aromatic carbocycles. The first-order valence-corrected chi connectivity index (χ1v) is 6.71. The molecule has 0 saturated heterocycles. The first-order valence-electron chi connectivity index (χ1n) is 5.83. The van der Waals surface area contributed by atoms with E-state index in [-0.39, 0.29) is 12.3 Å². The molecule has 0 fully saturated rings. The lowest BCUT2D eigenvalue weighted by Gasteiger charge is -2.12. The number of carbonyl (C=O) groups excluding carboxylic acids is 1. The molecule has 6 heteroatoms. The Kier molecular flexibility index (Phi) is 4.13. The third-order valence-corrected chi connectivity index (χ3v) is 3.32. The number of para-hydroxylation sites is 1. The summed E-state index contributed by atoms with van der Waals surface area (Å²) in [5.74, 6) is -0.182. The van der Waals surface area contributed by atoms with Crippen molar-refractivity contribution in [3.8, 4) is 0 Å². The molecule has 1 aromatic heterocycles. The van der Waals surface area contributed by atoms with Gasteiger partial charge in [-0.05, 0) is 13.0 Å². The number of nitrogen functional groups attached to an aromatic ring is 1. The molecule has 2 aromatic rings. The Morgan fingerprint density at radius 3 is 2.89 bits per heavy atom. The minimum atomic E-state index is -0.633. The van der Waals surface area contributed by atoms with Crippen LogP contribution in [0.15, 0.2) is 29.6 Å². The molecule has 19 heavy (non-hydrogen) atoms. The molecular weight excluding hydrogens is 262 g/mol.